The van der Waals surface area contributed by atoms with Crippen molar-refractivity contribution in [2.75, 3.05) is 5.88 Å². The summed E-state index contributed by atoms with van der Waals surface area (Å²) in [5, 5.41) is 4.11. The van der Waals surface area contributed by atoms with Crippen LogP contribution in [-0.2, 0) is 0 Å². The number of ketones is 1. The van der Waals surface area contributed by atoms with Crippen LogP contribution in [0.25, 0.3) is 0 Å². The van der Waals surface area contributed by atoms with Crippen molar-refractivity contribution in [1.29, 1.82) is 0 Å². The molecule has 0 atom stereocenters. The number of hydrogen-bond donors (Lipinski definition) is 0. The molecule has 4 nitrogen and oxygen atoms in total. The minimum Gasteiger partial charge on any atom is -0.289 e. The lowest BCUT2D eigenvalue weighted by molar-refractivity contribution is 0.0999. The Morgan fingerprint density at radius 2 is 2.23 bits per heavy atom. The van der Waals surface area contributed by atoms with Gasteiger partial charge in [-0.3, -0.25) is 4.79 Å². The second-order valence-electron chi connectivity index (χ2n) is 3.08. The molecule has 1 rings (SSSR count). The van der Waals surface area contributed by atoms with Crippen LogP contribution >= 0.6 is 11.6 Å². The maximum absolute atomic E-state index is 11.3. The van der Waals surface area contributed by atoms with Crippen LogP contribution in [0.4, 0.5) is 0 Å². The third-order valence-corrected chi connectivity index (χ3v) is 1.84. The van der Waals surface area contributed by atoms with E-state index in [1.54, 1.807) is 11.6 Å². The highest BCUT2D eigenvalue weighted by Gasteiger charge is 2.16. The SMILES string of the molecule is Cc1nc(C(=O)CCl)n(C(C)C)n1. The van der Waals surface area contributed by atoms with E-state index < -0.39 is 0 Å². The lowest BCUT2D eigenvalue weighted by atomic mass is 10.3. The van der Waals surface area contributed by atoms with E-state index in [-0.39, 0.29) is 17.7 Å². The summed E-state index contributed by atoms with van der Waals surface area (Å²) in [5.74, 6) is 0.714. The van der Waals surface area contributed by atoms with Crippen molar-refractivity contribution in [3.63, 3.8) is 0 Å². The highest BCUT2D eigenvalue weighted by atomic mass is 35.5. The van der Waals surface area contributed by atoms with Crippen LogP contribution in [0.1, 0.15) is 36.3 Å². The van der Waals surface area contributed by atoms with Gasteiger partial charge in [-0.15, -0.1) is 11.6 Å². The molecule has 13 heavy (non-hydrogen) atoms. The van der Waals surface area contributed by atoms with Gasteiger partial charge in [-0.25, -0.2) is 9.67 Å². The van der Waals surface area contributed by atoms with Crippen molar-refractivity contribution < 1.29 is 4.79 Å². The maximum Gasteiger partial charge on any atom is 0.214 e. The maximum atomic E-state index is 11.3. The second-order valence-corrected chi connectivity index (χ2v) is 3.35. The summed E-state index contributed by atoms with van der Waals surface area (Å²) in [7, 11) is 0. The van der Waals surface area contributed by atoms with Crippen LogP contribution in [0.3, 0.4) is 0 Å². The van der Waals surface area contributed by atoms with Gasteiger partial charge in [0.1, 0.15) is 5.82 Å². The number of carbonyl (C=O) groups is 1. The lowest BCUT2D eigenvalue weighted by Crippen LogP contribution is -2.14. The molecule has 0 bridgehead atoms. The van der Waals surface area contributed by atoms with Crippen LogP contribution in [-0.4, -0.2) is 26.4 Å². The monoisotopic (exact) mass is 201 g/mol. The van der Waals surface area contributed by atoms with Gasteiger partial charge < -0.3 is 0 Å². The highest BCUT2D eigenvalue weighted by molar-refractivity contribution is 6.29. The fourth-order valence-electron chi connectivity index (χ4n) is 1.04. The van der Waals surface area contributed by atoms with Crippen LogP contribution in [0, 0.1) is 6.92 Å². The molecule has 1 aromatic heterocycles. The Morgan fingerprint density at radius 3 is 2.69 bits per heavy atom. The van der Waals surface area contributed by atoms with Crippen molar-refractivity contribution in [1.82, 2.24) is 14.8 Å². The molecule has 0 aliphatic carbocycles. The van der Waals surface area contributed by atoms with Gasteiger partial charge in [0, 0.05) is 6.04 Å². The quantitative estimate of drug-likeness (QED) is 0.551. The van der Waals surface area contributed by atoms with Gasteiger partial charge in [0.05, 0.1) is 5.88 Å². The first-order valence-electron chi connectivity index (χ1n) is 4.08. The summed E-state index contributed by atoms with van der Waals surface area (Å²) in [5.41, 5.74) is 0. The van der Waals surface area contributed by atoms with Crippen molar-refractivity contribution in [3.05, 3.63) is 11.6 Å². The van der Waals surface area contributed by atoms with Gasteiger partial charge in [-0.2, -0.15) is 5.10 Å². The zero-order valence-electron chi connectivity index (χ0n) is 7.91. The van der Waals surface area contributed by atoms with E-state index in [2.05, 4.69) is 10.1 Å². The fraction of sp³-hybridized carbons (Fsp3) is 0.625. The molecule has 0 unspecified atom stereocenters. The van der Waals surface area contributed by atoms with Gasteiger partial charge in [-0.1, -0.05) is 0 Å². The summed E-state index contributed by atoms with van der Waals surface area (Å²) in [6.07, 6.45) is 0. The Balaban J connectivity index is 3.11. The Morgan fingerprint density at radius 1 is 1.62 bits per heavy atom. The normalized spacial score (nSPS) is 10.8. The van der Waals surface area contributed by atoms with E-state index in [4.69, 9.17) is 11.6 Å². The molecular formula is C8H12ClN3O. The van der Waals surface area contributed by atoms with E-state index in [9.17, 15) is 4.79 Å². The van der Waals surface area contributed by atoms with Crippen molar-refractivity contribution in [2.45, 2.75) is 26.8 Å². The number of rotatable bonds is 3. The molecule has 0 N–H and O–H groups in total. The number of nitrogens with zero attached hydrogens (tertiary/aromatic N) is 3. The molecule has 0 saturated carbocycles. The number of Topliss-reactive ketones (excluding diaryl/α,β-unsaturated/α-hetero) is 1. The predicted octanol–water partition coefficient (Wildman–Crippen LogP) is 1.59. The number of aromatic nitrogens is 3. The molecule has 0 amide bonds. The van der Waals surface area contributed by atoms with E-state index in [1.165, 1.54) is 0 Å². The van der Waals surface area contributed by atoms with Crippen LogP contribution in [0.5, 0.6) is 0 Å². The molecule has 0 aliphatic heterocycles. The number of aryl methyl sites for hydroxylation is 1. The summed E-state index contributed by atoms with van der Waals surface area (Å²) < 4.78 is 1.60. The second kappa shape index (κ2) is 3.87. The average Bonchev–Trinajstić information content (AvgIpc) is 2.46. The Kier molecular flexibility index (Phi) is 3.03. The minimum atomic E-state index is -0.184. The van der Waals surface area contributed by atoms with Gasteiger partial charge in [0.25, 0.3) is 0 Å². The number of alkyl halides is 1. The molecule has 0 fully saturated rings. The molecule has 0 saturated heterocycles. The lowest BCUT2D eigenvalue weighted by Gasteiger charge is -2.06. The van der Waals surface area contributed by atoms with E-state index >= 15 is 0 Å². The first-order valence-corrected chi connectivity index (χ1v) is 4.62. The predicted molar refractivity (Wildman–Crippen MR) is 50.2 cm³/mol. The molecule has 1 heterocycles. The first kappa shape index (κ1) is 10.2. The summed E-state index contributed by atoms with van der Waals surface area (Å²) in [6, 6.07) is 0.128. The Bertz CT molecular complexity index is 319. The molecule has 0 aromatic carbocycles. The van der Waals surface area contributed by atoms with Gasteiger partial charge in [0.2, 0.25) is 5.78 Å². The molecule has 5 heteroatoms. The molecular weight excluding hydrogens is 190 g/mol. The van der Waals surface area contributed by atoms with Crippen LogP contribution in [0.2, 0.25) is 0 Å². The zero-order chi connectivity index (χ0) is 10.0. The highest BCUT2D eigenvalue weighted by Crippen LogP contribution is 2.08. The van der Waals surface area contributed by atoms with Gasteiger partial charge >= 0.3 is 0 Å². The summed E-state index contributed by atoms with van der Waals surface area (Å²) in [4.78, 5) is 15.3. The minimum absolute atomic E-state index is 0.0507. The van der Waals surface area contributed by atoms with Gasteiger partial charge in [-0.05, 0) is 20.8 Å². The first-order chi connectivity index (χ1) is 6.06. The number of hydrogen-bond acceptors (Lipinski definition) is 3. The summed E-state index contributed by atoms with van der Waals surface area (Å²) in [6.45, 7) is 5.64. The van der Waals surface area contributed by atoms with E-state index in [0.717, 1.165) is 0 Å². The Labute approximate surface area is 81.9 Å². The molecule has 1 aromatic rings. The third kappa shape index (κ3) is 2.06. The van der Waals surface area contributed by atoms with Crippen molar-refractivity contribution >= 4 is 17.4 Å². The Hall–Kier alpha value is -0.900. The zero-order valence-corrected chi connectivity index (χ0v) is 8.67. The average molecular weight is 202 g/mol. The molecule has 72 valence electrons. The van der Waals surface area contributed by atoms with Crippen molar-refractivity contribution in [2.24, 2.45) is 0 Å². The smallest absolute Gasteiger partial charge is 0.214 e. The van der Waals surface area contributed by atoms with E-state index in [0.29, 0.717) is 11.6 Å². The van der Waals surface area contributed by atoms with Crippen LogP contribution in [0.15, 0.2) is 0 Å². The third-order valence-electron chi connectivity index (χ3n) is 1.60. The topological polar surface area (TPSA) is 47.8 Å². The molecule has 0 spiro atoms. The fourth-order valence-corrected chi connectivity index (χ4v) is 1.16. The number of halogens is 1. The largest absolute Gasteiger partial charge is 0.289 e. The standard InChI is InChI=1S/C8H12ClN3O/c1-5(2)12-8(7(13)4-9)10-6(3)11-12/h5H,4H2,1-3H3. The summed E-state index contributed by atoms with van der Waals surface area (Å²) >= 11 is 5.44. The van der Waals surface area contributed by atoms with E-state index in [1.807, 2.05) is 13.8 Å². The van der Waals surface area contributed by atoms with Gasteiger partial charge in [0.15, 0.2) is 5.82 Å². The molecule has 0 aliphatic rings. The number of carbonyl (C=O) groups excluding carboxylic acids is 1. The van der Waals surface area contributed by atoms with Crippen LogP contribution < -0.4 is 0 Å². The van der Waals surface area contributed by atoms with Crippen molar-refractivity contribution in [3.8, 4) is 0 Å². The molecule has 0 radical (unpaired) electrons.